The van der Waals surface area contributed by atoms with Gasteiger partial charge < -0.3 is 0 Å². The largest absolute Gasteiger partial charge is 0.419 e. The summed E-state index contributed by atoms with van der Waals surface area (Å²) in [7, 11) is 0. The van der Waals surface area contributed by atoms with Gasteiger partial charge in [0, 0.05) is 11.8 Å². The Balaban J connectivity index is 3.56. The van der Waals surface area contributed by atoms with Gasteiger partial charge >= 0.3 is 6.18 Å². The molecule has 0 aliphatic rings. The normalized spacial score (nSPS) is 11.6. The summed E-state index contributed by atoms with van der Waals surface area (Å²) < 4.78 is 62.8. The Morgan fingerprint density at radius 1 is 1.41 bits per heavy atom. The van der Waals surface area contributed by atoms with Crippen molar-refractivity contribution in [2.45, 2.75) is 19.0 Å². The monoisotopic (exact) mass is 270 g/mol. The molecular formula is C9H4ClF5N2. The van der Waals surface area contributed by atoms with E-state index in [1.54, 1.807) is 0 Å². The molecule has 1 aromatic heterocycles. The van der Waals surface area contributed by atoms with Crippen LogP contribution in [0.1, 0.15) is 23.1 Å². The van der Waals surface area contributed by atoms with Crippen molar-refractivity contribution in [3.05, 3.63) is 28.0 Å². The van der Waals surface area contributed by atoms with Crippen LogP contribution in [0.4, 0.5) is 22.0 Å². The number of aromatic nitrogens is 1. The molecule has 2 nitrogen and oxygen atoms in total. The summed E-state index contributed by atoms with van der Waals surface area (Å²) in [4.78, 5) is 3.07. The van der Waals surface area contributed by atoms with Gasteiger partial charge in [0.05, 0.1) is 18.1 Å². The zero-order valence-electron chi connectivity index (χ0n) is 8.02. The number of halogens is 6. The predicted octanol–water partition coefficient (Wildman–Crippen LogP) is 3.76. The van der Waals surface area contributed by atoms with Crippen molar-refractivity contribution >= 4 is 11.6 Å². The fourth-order valence-corrected chi connectivity index (χ4v) is 1.55. The van der Waals surface area contributed by atoms with Gasteiger partial charge in [-0.3, -0.25) is 0 Å². The Morgan fingerprint density at radius 2 is 2.00 bits per heavy atom. The van der Waals surface area contributed by atoms with Crippen molar-refractivity contribution in [1.82, 2.24) is 4.98 Å². The molecule has 1 rings (SSSR count). The summed E-state index contributed by atoms with van der Waals surface area (Å²) in [5.41, 5.74) is -3.23. The minimum atomic E-state index is -4.93. The van der Waals surface area contributed by atoms with Crippen molar-refractivity contribution in [3.8, 4) is 6.07 Å². The second-order valence-corrected chi connectivity index (χ2v) is 3.35. The van der Waals surface area contributed by atoms with Gasteiger partial charge in [-0.25, -0.2) is 13.8 Å². The molecule has 0 radical (unpaired) electrons. The molecule has 0 fully saturated rings. The van der Waals surface area contributed by atoms with Crippen LogP contribution in [0.15, 0.2) is 6.20 Å². The lowest BCUT2D eigenvalue weighted by atomic mass is 10.0. The van der Waals surface area contributed by atoms with Crippen molar-refractivity contribution in [2.75, 3.05) is 0 Å². The van der Waals surface area contributed by atoms with Crippen molar-refractivity contribution in [1.29, 1.82) is 5.26 Å². The van der Waals surface area contributed by atoms with E-state index in [-0.39, 0.29) is 0 Å². The molecule has 0 saturated carbocycles. The number of nitriles is 1. The van der Waals surface area contributed by atoms with E-state index in [0.717, 1.165) is 0 Å². The van der Waals surface area contributed by atoms with Gasteiger partial charge in [-0.15, -0.1) is 0 Å². The van der Waals surface area contributed by atoms with Crippen LogP contribution in [0.2, 0.25) is 5.15 Å². The zero-order valence-corrected chi connectivity index (χ0v) is 8.78. The predicted molar refractivity (Wildman–Crippen MR) is 48.5 cm³/mol. The van der Waals surface area contributed by atoms with E-state index in [4.69, 9.17) is 16.9 Å². The Kier molecular flexibility index (Phi) is 3.88. The molecule has 0 N–H and O–H groups in total. The highest BCUT2D eigenvalue weighted by atomic mass is 35.5. The molecule has 0 bridgehead atoms. The summed E-state index contributed by atoms with van der Waals surface area (Å²) in [6.45, 7) is 0. The van der Waals surface area contributed by atoms with Crippen LogP contribution in [-0.2, 0) is 12.6 Å². The van der Waals surface area contributed by atoms with Crippen LogP contribution in [-0.4, -0.2) is 4.98 Å². The van der Waals surface area contributed by atoms with Gasteiger partial charge in [0.2, 0.25) is 0 Å². The maximum atomic E-state index is 12.6. The number of pyridine rings is 1. The summed E-state index contributed by atoms with van der Waals surface area (Å²) in [6.07, 6.45) is -8.34. The Morgan fingerprint density at radius 3 is 2.41 bits per heavy atom. The van der Waals surface area contributed by atoms with Crippen LogP contribution >= 0.6 is 11.6 Å². The highest BCUT2D eigenvalue weighted by Gasteiger charge is 2.38. The molecule has 0 saturated heterocycles. The third-order valence-corrected chi connectivity index (χ3v) is 2.23. The topological polar surface area (TPSA) is 36.7 Å². The van der Waals surface area contributed by atoms with E-state index in [2.05, 4.69) is 4.98 Å². The molecule has 0 atom stereocenters. The molecule has 1 heterocycles. The lowest BCUT2D eigenvalue weighted by Gasteiger charge is -2.15. The molecule has 0 aliphatic carbocycles. The first kappa shape index (κ1) is 13.6. The number of hydrogen-bond acceptors (Lipinski definition) is 2. The maximum absolute atomic E-state index is 12.6. The summed E-state index contributed by atoms with van der Waals surface area (Å²) >= 11 is 5.24. The second kappa shape index (κ2) is 4.84. The van der Waals surface area contributed by atoms with E-state index in [1.807, 2.05) is 0 Å². The second-order valence-electron chi connectivity index (χ2n) is 2.99. The number of alkyl halides is 5. The SMILES string of the molecule is N#CCc1c(C(F)F)cnc(Cl)c1C(F)(F)F. The van der Waals surface area contributed by atoms with Crippen LogP contribution < -0.4 is 0 Å². The third-order valence-electron chi connectivity index (χ3n) is 1.95. The van der Waals surface area contributed by atoms with Gasteiger partial charge in [-0.05, 0) is 5.56 Å². The van der Waals surface area contributed by atoms with Crippen LogP contribution in [0.5, 0.6) is 0 Å². The standard InChI is InChI=1S/C9H4ClF5N2/c10-7-6(9(13,14)15)4(1-2-16)5(3-17-7)8(11)12/h3,8H,1H2. The molecule has 17 heavy (non-hydrogen) atoms. The molecule has 0 spiro atoms. The average molecular weight is 271 g/mol. The van der Waals surface area contributed by atoms with Gasteiger partial charge in [0.15, 0.2) is 0 Å². The summed E-state index contributed by atoms with van der Waals surface area (Å²) in [5.74, 6) is 0. The fraction of sp³-hybridized carbons (Fsp3) is 0.333. The highest BCUT2D eigenvalue weighted by molar-refractivity contribution is 6.30. The van der Waals surface area contributed by atoms with E-state index in [1.165, 1.54) is 6.07 Å². The maximum Gasteiger partial charge on any atom is 0.419 e. The molecule has 92 valence electrons. The average Bonchev–Trinajstić information content (AvgIpc) is 2.15. The Hall–Kier alpha value is -1.42. The molecular weight excluding hydrogens is 267 g/mol. The van der Waals surface area contributed by atoms with Gasteiger partial charge in [0.25, 0.3) is 6.43 Å². The van der Waals surface area contributed by atoms with Gasteiger partial charge in [-0.2, -0.15) is 18.4 Å². The lowest BCUT2D eigenvalue weighted by molar-refractivity contribution is -0.138. The minimum absolute atomic E-state index is 0.551. The van der Waals surface area contributed by atoms with Crippen molar-refractivity contribution in [2.24, 2.45) is 0 Å². The summed E-state index contributed by atoms with van der Waals surface area (Å²) in [6, 6.07) is 1.40. The molecule has 0 amide bonds. The van der Waals surface area contributed by atoms with Crippen LogP contribution in [0, 0.1) is 11.3 Å². The number of nitrogens with zero attached hydrogens (tertiary/aromatic N) is 2. The Labute approximate surface area is 97.6 Å². The number of rotatable bonds is 2. The molecule has 0 aromatic carbocycles. The van der Waals surface area contributed by atoms with E-state index in [0.29, 0.717) is 6.20 Å². The molecule has 0 aliphatic heterocycles. The van der Waals surface area contributed by atoms with E-state index >= 15 is 0 Å². The minimum Gasteiger partial charge on any atom is -0.243 e. The third kappa shape index (κ3) is 2.82. The molecule has 8 heteroatoms. The number of hydrogen-bond donors (Lipinski definition) is 0. The van der Waals surface area contributed by atoms with E-state index in [9.17, 15) is 22.0 Å². The molecule has 0 unspecified atom stereocenters. The first-order chi connectivity index (χ1) is 7.79. The first-order valence-electron chi connectivity index (χ1n) is 4.18. The Bertz CT molecular complexity index is 464. The van der Waals surface area contributed by atoms with Gasteiger partial charge in [0.1, 0.15) is 5.15 Å². The van der Waals surface area contributed by atoms with E-state index < -0.39 is 40.9 Å². The highest BCUT2D eigenvalue weighted by Crippen LogP contribution is 2.39. The van der Waals surface area contributed by atoms with Crippen molar-refractivity contribution < 1.29 is 22.0 Å². The quantitative estimate of drug-likeness (QED) is 0.606. The van der Waals surface area contributed by atoms with Crippen LogP contribution in [0.3, 0.4) is 0 Å². The fourth-order valence-electron chi connectivity index (χ4n) is 1.28. The first-order valence-corrected chi connectivity index (χ1v) is 4.56. The summed E-state index contributed by atoms with van der Waals surface area (Å²) in [5, 5.41) is 7.44. The van der Waals surface area contributed by atoms with Gasteiger partial charge in [-0.1, -0.05) is 11.6 Å². The lowest BCUT2D eigenvalue weighted by Crippen LogP contribution is -2.13. The van der Waals surface area contributed by atoms with Crippen LogP contribution in [0.25, 0.3) is 0 Å². The van der Waals surface area contributed by atoms with Crippen molar-refractivity contribution in [3.63, 3.8) is 0 Å². The smallest absolute Gasteiger partial charge is 0.243 e. The zero-order chi connectivity index (χ0) is 13.2. The molecule has 1 aromatic rings.